The number of nitrogens with zero attached hydrogens (tertiary/aromatic N) is 3. The number of rotatable bonds is 6. The van der Waals surface area contributed by atoms with Crippen molar-refractivity contribution < 1.29 is 0 Å². The van der Waals surface area contributed by atoms with Crippen LogP contribution in [0.4, 0.5) is 0 Å². The largest absolute Gasteiger partial charge is 0.343 e. The molecule has 2 aliphatic heterocycles. The lowest BCUT2D eigenvalue weighted by atomic mass is 9.92. The zero-order valence-corrected chi connectivity index (χ0v) is 19.9. The van der Waals surface area contributed by atoms with Gasteiger partial charge in [-0.05, 0) is 56.1 Å². The highest BCUT2D eigenvalue weighted by Gasteiger charge is 2.31. The minimum absolute atomic E-state index is 0. The van der Waals surface area contributed by atoms with E-state index >= 15 is 0 Å². The van der Waals surface area contributed by atoms with Gasteiger partial charge in [-0.3, -0.25) is 4.99 Å². The lowest BCUT2D eigenvalue weighted by Crippen LogP contribution is -2.48. The molecule has 29 heavy (non-hydrogen) atoms. The molecule has 1 unspecified atom stereocenters. The van der Waals surface area contributed by atoms with Gasteiger partial charge in [-0.25, -0.2) is 0 Å². The van der Waals surface area contributed by atoms with E-state index in [2.05, 4.69) is 77.4 Å². The molecule has 0 N–H and O–H groups in total. The van der Waals surface area contributed by atoms with E-state index in [9.17, 15) is 0 Å². The zero-order valence-electron chi connectivity index (χ0n) is 17.5. The smallest absolute Gasteiger partial charge is 0.197 e. The normalized spacial score (nSPS) is 21.6. The van der Waals surface area contributed by atoms with Crippen LogP contribution < -0.4 is 0 Å². The molecule has 4 rings (SSSR count). The van der Waals surface area contributed by atoms with Gasteiger partial charge in [0.05, 0.1) is 6.54 Å². The fourth-order valence-electron chi connectivity index (χ4n) is 4.61. The summed E-state index contributed by atoms with van der Waals surface area (Å²) in [7, 11) is 0. The molecule has 2 aromatic rings. The lowest BCUT2D eigenvalue weighted by Gasteiger charge is -2.38. The zero-order chi connectivity index (χ0) is 19.2. The molecule has 1 fully saturated rings. The monoisotopic (exact) mass is 503 g/mol. The molecule has 0 aliphatic carbocycles. The quantitative estimate of drug-likeness (QED) is 0.478. The second-order valence-corrected chi connectivity index (χ2v) is 8.44. The van der Waals surface area contributed by atoms with E-state index in [0.29, 0.717) is 6.04 Å². The Hall–Kier alpha value is -1.56. The molecule has 2 aliphatic rings. The van der Waals surface area contributed by atoms with Crippen LogP contribution in [-0.4, -0.2) is 41.4 Å². The summed E-state index contributed by atoms with van der Waals surface area (Å²) >= 11 is 0. The predicted molar refractivity (Wildman–Crippen MR) is 133 cm³/mol. The second kappa shape index (κ2) is 11.0. The maximum atomic E-state index is 4.95. The molecule has 156 valence electrons. The van der Waals surface area contributed by atoms with Crippen LogP contribution in [0.3, 0.4) is 0 Å². The molecular weight excluding hydrogens is 469 g/mol. The summed E-state index contributed by atoms with van der Waals surface area (Å²) in [6, 6.07) is 22.2. The van der Waals surface area contributed by atoms with Crippen LogP contribution in [0, 0.1) is 5.92 Å². The summed E-state index contributed by atoms with van der Waals surface area (Å²) in [5, 5.41) is 0. The number of piperidine rings is 1. The summed E-state index contributed by atoms with van der Waals surface area (Å²) in [5.74, 6) is 2.04. The van der Waals surface area contributed by atoms with Gasteiger partial charge in [0.2, 0.25) is 0 Å². The van der Waals surface area contributed by atoms with E-state index in [1.54, 1.807) is 0 Å². The van der Waals surface area contributed by atoms with Crippen molar-refractivity contribution in [1.29, 1.82) is 0 Å². The number of aryl methyl sites for hydroxylation is 1. The van der Waals surface area contributed by atoms with E-state index in [1.807, 2.05) is 0 Å². The number of aliphatic imine (C=N–C) groups is 1. The molecule has 2 atom stereocenters. The average Bonchev–Trinajstić information content (AvgIpc) is 3.10. The van der Waals surface area contributed by atoms with E-state index in [4.69, 9.17) is 4.99 Å². The Morgan fingerprint density at radius 3 is 2.38 bits per heavy atom. The SMILES string of the molecule is C[C@H]1CN=C(N2CCCC(CCCc3ccccc3)C2)N1Cc1ccccc1.I. The Morgan fingerprint density at radius 1 is 0.966 bits per heavy atom. The fourth-order valence-corrected chi connectivity index (χ4v) is 4.61. The number of likely N-dealkylation sites (tertiary alicyclic amines) is 1. The van der Waals surface area contributed by atoms with Crippen molar-refractivity contribution in [3.63, 3.8) is 0 Å². The highest BCUT2D eigenvalue weighted by molar-refractivity contribution is 14.0. The summed E-state index contributed by atoms with van der Waals surface area (Å²) in [6.07, 6.45) is 6.48. The van der Waals surface area contributed by atoms with Crippen LogP contribution in [0.5, 0.6) is 0 Å². The minimum atomic E-state index is 0. The summed E-state index contributed by atoms with van der Waals surface area (Å²) < 4.78 is 0. The average molecular weight is 503 g/mol. The van der Waals surface area contributed by atoms with Crippen molar-refractivity contribution in [1.82, 2.24) is 9.80 Å². The van der Waals surface area contributed by atoms with Gasteiger partial charge in [-0.2, -0.15) is 0 Å². The van der Waals surface area contributed by atoms with E-state index in [-0.39, 0.29) is 24.0 Å². The number of halogens is 1. The molecule has 2 heterocycles. The van der Waals surface area contributed by atoms with E-state index < -0.39 is 0 Å². The van der Waals surface area contributed by atoms with Crippen LogP contribution in [0.1, 0.15) is 43.7 Å². The number of hydrogen-bond acceptors (Lipinski definition) is 3. The molecule has 3 nitrogen and oxygen atoms in total. The standard InChI is InChI=1S/C25H33N3.HI/c1-21-18-26-25(28(21)20-24-12-6-3-7-13-24)27-17-9-16-23(19-27)15-8-14-22-10-4-2-5-11-22;/h2-7,10-13,21,23H,8-9,14-20H2,1H3;1H/t21-,23?;/m0./s1. The van der Waals surface area contributed by atoms with Crippen LogP contribution in [-0.2, 0) is 13.0 Å². The first-order valence-corrected chi connectivity index (χ1v) is 10.9. The molecule has 0 aromatic heterocycles. The molecular formula is C25H34IN3. The van der Waals surface area contributed by atoms with Crippen molar-refractivity contribution in [2.75, 3.05) is 19.6 Å². The van der Waals surface area contributed by atoms with Crippen LogP contribution in [0.2, 0.25) is 0 Å². The van der Waals surface area contributed by atoms with Gasteiger partial charge in [-0.1, -0.05) is 60.7 Å². The lowest BCUT2D eigenvalue weighted by molar-refractivity contribution is 0.212. The number of hydrogen-bond donors (Lipinski definition) is 0. The third-order valence-corrected chi connectivity index (χ3v) is 6.20. The highest BCUT2D eigenvalue weighted by atomic mass is 127. The Labute approximate surface area is 193 Å². The van der Waals surface area contributed by atoms with Gasteiger partial charge < -0.3 is 9.80 Å². The van der Waals surface area contributed by atoms with Gasteiger partial charge in [0.15, 0.2) is 5.96 Å². The third-order valence-electron chi connectivity index (χ3n) is 6.20. The molecule has 0 radical (unpaired) electrons. The topological polar surface area (TPSA) is 18.8 Å². The van der Waals surface area contributed by atoms with Gasteiger partial charge >= 0.3 is 0 Å². The summed E-state index contributed by atoms with van der Waals surface area (Å²) in [5.41, 5.74) is 2.85. The third kappa shape index (κ3) is 5.97. The molecule has 2 aromatic carbocycles. The first kappa shape index (κ1) is 22.1. The van der Waals surface area contributed by atoms with Crippen molar-refractivity contribution >= 4 is 29.9 Å². The van der Waals surface area contributed by atoms with Crippen molar-refractivity contribution in [2.45, 2.75) is 51.6 Å². The Morgan fingerprint density at radius 2 is 1.66 bits per heavy atom. The first-order valence-electron chi connectivity index (χ1n) is 10.9. The molecule has 0 saturated carbocycles. The van der Waals surface area contributed by atoms with Gasteiger partial charge in [0.25, 0.3) is 0 Å². The number of guanidine groups is 1. The van der Waals surface area contributed by atoms with Gasteiger partial charge in [0.1, 0.15) is 0 Å². The second-order valence-electron chi connectivity index (χ2n) is 8.44. The summed E-state index contributed by atoms with van der Waals surface area (Å²) in [6.45, 7) is 6.53. The molecule has 1 saturated heterocycles. The van der Waals surface area contributed by atoms with Gasteiger partial charge in [-0.15, -0.1) is 24.0 Å². The number of benzene rings is 2. The van der Waals surface area contributed by atoms with Crippen molar-refractivity contribution in [2.24, 2.45) is 10.9 Å². The minimum Gasteiger partial charge on any atom is -0.343 e. The van der Waals surface area contributed by atoms with Gasteiger partial charge in [0, 0.05) is 25.7 Å². The molecule has 0 amide bonds. The fraction of sp³-hybridized carbons (Fsp3) is 0.480. The summed E-state index contributed by atoms with van der Waals surface area (Å²) in [4.78, 5) is 10.0. The molecule has 0 spiro atoms. The highest BCUT2D eigenvalue weighted by Crippen LogP contribution is 2.25. The van der Waals surface area contributed by atoms with Crippen molar-refractivity contribution in [3.8, 4) is 0 Å². The first-order chi connectivity index (χ1) is 13.8. The predicted octanol–water partition coefficient (Wildman–Crippen LogP) is 5.60. The Bertz CT molecular complexity index is 762. The van der Waals surface area contributed by atoms with E-state index in [1.165, 1.54) is 55.7 Å². The van der Waals surface area contributed by atoms with Crippen LogP contribution in [0.25, 0.3) is 0 Å². The maximum absolute atomic E-state index is 4.95. The maximum Gasteiger partial charge on any atom is 0.197 e. The molecule has 0 bridgehead atoms. The van der Waals surface area contributed by atoms with Crippen molar-refractivity contribution in [3.05, 3.63) is 71.8 Å². The van der Waals surface area contributed by atoms with Crippen LogP contribution >= 0.6 is 24.0 Å². The van der Waals surface area contributed by atoms with E-state index in [0.717, 1.165) is 25.6 Å². The molecule has 4 heteroatoms. The van der Waals surface area contributed by atoms with Crippen LogP contribution in [0.15, 0.2) is 65.7 Å². The Kier molecular flexibility index (Phi) is 8.40. The Balaban J connectivity index is 0.00000240.